The molecule has 0 saturated heterocycles. The van der Waals surface area contributed by atoms with Crippen molar-refractivity contribution in [2.24, 2.45) is 9.98 Å². The Kier molecular flexibility index (Phi) is 3.79. The van der Waals surface area contributed by atoms with Crippen LogP contribution in [0.5, 0.6) is 0 Å². The fraction of sp³-hybridized carbons (Fsp3) is 0.0476. The van der Waals surface area contributed by atoms with Gasteiger partial charge in [-0.15, -0.1) is 0 Å². The van der Waals surface area contributed by atoms with Crippen LogP contribution in [-0.4, -0.2) is 28.6 Å². The highest BCUT2D eigenvalue weighted by Gasteiger charge is 2.15. The van der Waals surface area contributed by atoms with Crippen molar-refractivity contribution in [3.8, 4) is 0 Å². The molecule has 0 aliphatic carbocycles. The molecule has 0 saturated carbocycles. The first-order chi connectivity index (χ1) is 13.7. The van der Waals surface area contributed by atoms with Gasteiger partial charge in [-0.3, -0.25) is 9.98 Å². The summed E-state index contributed by atoms with van der Waals surface area (Å²) in [5.74, 6) is -0.677. The fourth-order valence-electron chi connectivity index (χ4n) is 3.31. The lowest BCUT2D eigenvalue weighted by Crippen LogP contribution is -2.02. The van der Waals surface area contributed by atoms with Crippen LogP contribution >= 0.6 is 0 Å². The largest absolute Gasteiger partial charge is 0.340 e. The summed E-state index contributed by atoms with van der Waals surface area (Å²) in [6.07, 6.45) is 5.18. The molecule has 0 unspecified atom stereocenters. The van der Waals surface area contributed by atoms with Gasteiger partial charge in [0.15, 0.2) is 17.5 Å². The van der Waals surface area contributed by atoms with E-state index in [1.165, 1.54) is 6.07 Å². The Morgan fingerprint density at radius 2 is 1.86 bits per heavy atom. The first kappa shape index (κ1) is 16.4. The highest BCUT2D eigenvalue weighted by molar-refractivity contribution is 6.18. The van der Waals surface area contributed by atoms with Crippen LogP contribution in [0, 0.1) is 11.6 Å². The number of halogens is 2. The molecular formula is C21H13F2N5. The summed E-state index contributed by atoms with van der Waals surface area (Å²) < 4.78 is 26.9. The molecule has 1 aliphatic heterocycles. The zero-order valence-electron chi connectivity index (χ0n) is 14.5. The van der Waals surface area contributed by atoms with Gasteiger partial charge >= 0.3 is 0 Å². The van der Waals surface area contributed by atoms with E-state index in [0.717, 1.165) is 33.9 Å². The fourth-order valence-corrected chi connectivity index (χ4v) is 3.31. The van der Waals surface area contributed by atoms with Crippen LogP contribution in [0.2, 0.25) is 0 Å². The Labute approximate surface area is 158 Å². The van der Waals surface area contributed by atoms with Crippen LogP contribution < -0.4 is 5.32 Å². The summed E-state index contributed by atoms with van der Waals surface area (Å²) in [6, 6.07) is 11.3. The van der Waals surface area contributed by atoms with E-state index >= 15 is 0 Å². The number of rotatable bonds is 3. The molecule has 0 spiro atoms. The van der Waals surface area contributed by atoms with Crippen molar-refractivity contribution in [1.82, 2.24) is 9.97 Å². The van der Waals surface area contributed by atoms with Gasteiger partial charge in [0.05, 0.1) is 12.1 Å². The zero-order valence-corrected chi connectivity index (χ0v) is 14.5. The van der Waals surface area contributed by atoms with Crippen LogP contribution in [0.4, 0.5) is 20.3 Å². The standard InChI is InChI=1S/C21H13F2N5/c22-17-5-4-12(10-18(17)23)27-21-14-6-7-24-11-16(14)13-2-1-3-15(19(13)28-21)20-25-8-9-26-20/h1-8,10-11H,9H2,(H,27,28). The number of hydrogen-bond acceptors (Lipinski definition) is 5. The van der Waals surface area contributed by atoms with Crippen molar-refractivity contribution in [2.45, 2.75) is 0 Å². The first-order valence-corrected chi connectivity index (χ1v) is 8.66. The second-order valence-corrected chi connectivity index (χ2v) is 6.31. The van der Waals surface area contributed by atoms with Gasteiger partial charge in [-0.05, 0) is 24.3 Å². The molecule has 28 heavy (non-hydrogen) atoms. The minimum absolute atomic E-state index is 0.401. The second kappa shape index (κ2) is 6.45. The number of pyridine rings is 2. The van der Waals surface area contributed by atoms with Gasteiger partial charge in [-0.1, -0.05) is 12.1 Å². The number of fused-ring (bicyclic) bond motifs is 3. The molecule has 1 N–H and O–H groups in total. The summed E-state index contributed by atoms with van der Waals surface area (Å²) in [5.41, 5.74) is 1.92. The average Bonchev–Trinajstić information content (AvgIpc) is 3.25. The van der Waals surface area contributed by atoms with E-state index in [4.69, 9.17) is 4.98 Å². The third-order valence-electron chi connectivity index (χ3n) is 4.59. The molecule has 5 rings (SSSR count). The van der Waals surface area contributed by atoms with E-state index in [1.54, 1.807) is 18.6 Å². The number of nitrogens with one attached hydrogen (secondary N) is 1. The molecule has 2 aromatic heterocycles. The molecule has 3 heterocycles. The van der Waals surface area contributed by atoms with Crippen molar-refractivity contribution in [1.29, 1.82) is 0 Å². The second-order valence-electron chi connectivity index (χ2n) is 6.31. The van der Waals surface area contributed by atoms with Gasteiger partial charge < -0.3 is 5.32 Å². The third kappa shape index (κ3) is 2.68. The Balaban J connectivity index is 1.76. The molecule has 0 bridgehead atoms. The summed E-state index contributed by atoms with van der Waals surface area (Å²) >= 11 is 0. The first-order valence-electron chi connectivity index (χ1n) is 8.66. The molecule has 0 fully saturated rings. The summed E-state index contributed by atoms with van der Waals surface area (Å²) in [4.78, 5) is 17.8. The molecule has 1 aliphatic rings. The number of para-hydroxylation sites is 1. The summed E-state index contributed by atoms with van der Waals surface area (Å²) in [5, 5.41) is 5.73. The van der Waals surface area contributed by atoms with Gasteiger partial charge in [0.25, 0.3) is 0 Å². The topological polar surface area (TPSA) is 62.5 Å². The number of amidine groups is 1. The number of aromatic nitrogens is 2. The molecule has 2 aromatic carbocycles. The third-order valence-corrected chi connectivity index (χ3v) is 4.59. The minimum Gasteiger partial charge on any atom is -0.340 e. The van der Waals surface area contributed by atoms with Crippen LogP contribution in [0.25, 0.3) is 21.7 Å². The van der Waals surface area contributed by atoms with E-state index in [2.05, 4.69) is 20.3 Å². The Bertz CT molecular complexity index is 1300. The molecule has 4 aromatic rings. The van der Waals surface area contributed by atoms with Crippen LogP contribution in [0.3, 0.4) is 0 Å². The molecule has 5 nitrogen and oxygen atoms in total. The van der Waals surface area contributed by atoms with Gasteiger partial charge in [0, 0.05) is 52.1 Å². The molecule has 7 heteroatoms. The van der Waals surface area contributed by atoms with Crippen LogP contribution in [0.15, 0.2) is 64.8 Å². The zero-order chi connectivity index (χ0) is 19.1. The van der Waals surface area contributed by atoms with Crippen molar-refractivity contribution >= 4 is 45.2 Å². The van der Waals surface area contributed by atoms with Gasteiger partial charge in [0.1, 0.15) is 5.82 Å². The SMILES string of the molecule is Fc1ccc(Nc2nc3c(C4=NCC=N4)cccc3c3cnccc23)cc1F. The van der Waals surface area contributed by atoms with E-state index in [9.17, 15) is 8.78 Å². The minimum atomic E-state index is -0.924. The highest BCUT2D eigenvalue weighted by Crippen LogP contribution is 2.32. The Morgan fingerprint density at radius 1 is 0.929 bits per heavy atom. The lowest BCUT2D eigenvalue weighted by molar-refractivity contribution is 0.509. The van der Waals surface area contributed by atoms with E-state index in [-0.39, 0.29) is 0 Å². The highest BCUT2D eigenvalue weighted by atomic mass is 19.2. The van der Waals surface area contributed by atoms with E-state index in [0.29, 0.717) is 29.4 Å². The summed E-state index contributed by atoms with van der Waals surface area (Å²) in [7, 11) is 0. The molecule has 0 atom stereocenters. The maximum absolute atomic E-state index is 13.6. The normalized spacial score (nSPS) is 13.3. The predicted octanol–water partition coefficient (Wildman–Crippen LogP) is 4.64. The lowest BCUT2D eigenvalue weighted by Gasteiger charge is -2.13. The number of benzene rings is 2. The summed E-state index contributed by atoms with van der Waals surface area (Å²) in [6.45, 7) is 0.542. The van der Waals surface area contributed by atoms with Gasteiger partial charge in [-0.2, -0.15) is 0 Å². The molecule has 0 amide bonds. The number of anilines is 2. The van der Waals surface area contributed by atoms with Crippen molar-refractivity contribution in [2.75, 3.05) is 11.9 Å². The Hall–Kier alpha value is -3.74. The number of nitrogens with zero attached hydrogens (tertiary/aromatic N) is 4. The maximum atomic E-state index is 13.6. The maximum Gasteiger partial charge on any atom is 0.160 e. The Morgan fingerprint density at radius 3 is 2.68 bits per heavy atom. The van der Waals surface area contributed by atoms with Crippen molar-refractivity contribution in [3.05, 3.63) is 72.1 Å². The van der Waals surface area contributed by atoms with E-state index in [1.807, 2.05) is 24.3 Å². The number of hydrogen-bond donors (Lipinski definition) is 1. The lowest BCUT2D eigenvalue weighted by atomic mass is 10.0. The predicted molar refractivity (Wildman–Crippen MR) is 107 cm³/mol. The average molecular weight is 373 g/mol. The monoisotopic (exact) mass is 373 g/mol. The van der Waals surface area contributed by atoms with Gasteiger partial charge in [-0.25, -0.2) is 18.8 Å². The smallest absolute Gasteiger partial charge is 0.160 e. The molecule has 0 radical (unpaired) electrons. The van der Waals surface area contributed by atoms with Crippen LogP contribution in [0.1, 0.15) is 5.56 Å². The number of aliphatic imine (C=N–C) groups is 2. The van der Waals surface area contributed by atoms with Crippen molar-refractivity contribution in [3.63, 3.8) is 0 Å². The van der Waals surface area contributed by atoms with Gasteiger partial charge in [0.2, 0.25) is 0 Å². The molecular weight excluding hydrogens is 360 g/mol. The van der Waals surface area contributed by atoms with Crippen LogP contribution in [-0.2, 0) is 0 Å². The van der Waals surface area contributed by atoms with E-state index < -0.39 is 11.6 Å². The van der Waals surface area contributed by atoms with Crippen molar-refractivity contribution < 1.29 is 8.78 Å². The quantitative estimate of drug-likeness (QED) is 0.532. The molecule has 136 valence electrons.